The highest BCUT2D eigenvalue weighted by molar-refractivity contribution is 6.01. The van der Waals surface area contributed by atoms with Gasteiger partial charge in [0.2, 0.25) is 0 Å². The van der Waals surface area contributed by atoms with Crippen LogP contribution in [0.4, 0.5) is 0 Å². The van der Waals surface area contributed by atoms with Gasteiger partial charge in [0, 0.05) is 16.8 Å². The number of hydrogen-bond donors (Lipinski definition) is 2. The number of aromatic amines is 1. The first kappa shape index (κ1) is 17.9. The number of nitrogens with one attached hydrogen (secondary N) is 2. The van der Waals surface area contributed by atoms with Crippen LogP contribution in [0.15, 0.2) is 0 Å². The van der Waals surface area contributed by atoms with Crippen LogP contribution >= 0.6 is 0 Å². The lowest BCUT2D eigenvalue weighted by molar-refractivity contribution is -0.130. The number of ether oxygens (including phenoxy) is 1. The second-order valence-corrected chi connectivity index (χ2v) is 6.47. The van der Waals surface area contributed by atoms with Crippen LogP contribution in [-0.2, 0) is 9.53 Å². The van der Waals surface area contributed by atoms with Gasteiger partial charge in [0.15, 0.2) is 11.9 Å². The number of aromatic nitrogens is 1. The zero-order valence-electron chi connectivity index (χ0n) is 14.2. The van der Waals surface area contributed by atoms with Crippen molar-refractivity contribution >= 4 is 17.7 Å². The number of rotatable bonds is 4. The molecule has 2 N–H and O–H groups in total. The molecule has 0 bridgehead atoms. The third-order valence-corrected chi connectivity index (χ3v) is 3.14. The molecule has 0 unspecified atom stereocenters. The van der Waals surface area contributed by atoms with Crippen LogP contribution in [0.3, 0.4) is 0 Å². The molecule has 1 atom stereocenters. The van der Waals surface area contributed by atoms with Crippen LogP contribution in [0.5, 0.6) is 0 Å². The van der Waals surface area contributed by atoms with E-state index in [9.17, 15) is 14.4 Å². The maximum atomic E-state index is 12.2. The highest BCUT2D eigenvalue weighted by atomic mass is 16.5. The third-order valence-electron chi connectivity index (χ3n) is 3.14. The van der Waals surface area contributed by atoms with Crippen LogP contribution in [0.1, 0.15) is 66.7 Å². The molecule has 1 aromatic heterocycles. The van der Waals surface area contributed by atoms with E-state index >= 15 is 0 Å². The SMILES string of the molecule is CC(=O)c1c(C)[nH]c(C(=O)O[C@@H](C)C(=O)NC(C)(C)C)c1C. The molecule has 0 aliphatic heterocycles. The van der Waals surface area contributed by atoms with Gasteiger partial charge in [0.1, 0.15) is 5.69 Å². The van der Waals surface area contributed by atoms with Crippen LogP contribution in [0.2, 0.25) is 0 Å². The average Bonchev–Trinajstić information content (AvgIpc) is 2.62. The Morgan fingerprint density at radius 3 is 2.14 bits per heavy atom. The molecule has 0 saturated carbocycles. The Bertz CT molecular complexity index is 608. The second-order valence-electron chi connectivity index (χ2n) is 6.47. The summed E-state index contributed by atoms with van der Waals surface area (Å²) in [6.07, 6.45) is -0.921. The fourth-order valence-electron chi connectivity index (χ4n) is 2.23. The standard InChI is InChI=1S/C16H24N2O4/c1-8-12(10(3)19)9(2)17-13(8)15(21)22-11(4)14(20)18-16(5,6)7/h11,17H,1-7H3,(H,18,20)/t11-/m0/s1. The summed E-state index contributed by atoms with van der Waals surface area (Å²) in [5, 5.41) is 2.74. The summed E-state index contributed by atoms with van der Waals surface area (Å²) in [5.74, 6) is -1.14. The van der Waals surface area contributed by atoms with Gasteiger partial charge >= 0.3 is 5.97 Å². The van der Waals surface area contributed by atoms with Crippen LogP contribution in [0, 0.1) is 13.8 Å². The quantitative estimate of drug-likeness (QED) is 0.660. The fraction of sp³-hybridized carbons (Fsp3) is 0.562. The smallest absolute Gasteiger partial charge is 0.355 e. The molecule has 0 saturated heterocycles. The van der Waals surface area contributed by atoms with Gasteiger partial charge in [-0.3, -0.25) is 9.59 Å². The minimum atomic E-state index is -0.921. The molecule has 122 valence electrons. The van der Waals surface area contributed by atoms with Gasteiger partial charge in [-0.1, -0.05) is 0 Å². The zero-order valence-corrected chi connectivity index (χ0v) is 14.2. The van der Waals surface area contributed by atoms with Gasteiger partial charge in [-0.05, 0) is 54.0 Å². The molecule has 6 nitrogen and oxygen atoms in total. The van der Waals surface area contributed by atoms with Crippen LogP contribution in [-0.4, -0.2) is 34.3 Å². The Hall–Kier alpha value is -2.11. The number of carbonyl (C=O) groups excluding carboxylic acids is 3. The normalized spacial score (nSPS) is 12.7. The minimum absolute atomic E-state index is 0.121. The van der Waals surface area contributed by atoms with Crippen LogP contribution < -0.4 is 5.32 Å². The number of carbonyl (C=O) groups is 3. The average molecular weight is 308 g/mol. The predicted molar refractivity (Wildman–Crippen MR) is 83.0 cm³/mol. The molecule has 0 aromatic carbocycles. The first-order valence-corrected chi connectivity index (χ1v) is 7.17. The van der Waals surface area contributed by atoms with Crippen molar-refractivity contribution in [2.24, 2.45) is 0 Å². The summed E-state index contributed by atoms with van der Waals surface area (Å²) in [5.41, 5.74) is 1.44. The highest BCUT2D eigenvalue weighted by Gasteiger charge is 2.26. The van der Waals surface area contributed by atoms with Crippen molar-refractivity contribution in [3.05, 3.63) is 22.5 Å². The fourth-order valence-corrected chi connectivity index (χ4v) is 2.23. The molecule has 1 heterocycles. The van der Waals surface area contributed by atoms with E-state index in [1.54, 1.807) is 13.8 Å². The summed E-state index contributed by atoms with van der Waals surface area (Å²) in [6.45, 7) is 11.9. The molecule has 22 heavy (non-hydrogen) atoms. The first-order valence-electron chi connectivity index (χ1n) is 7.17. The Morgan fingerprint density at radius 2 is 1.73 bits per heavy atom. The number of hydrogen-bond acceptors (Lipinski definition) is 4. The van der Waals surface area contributed by atoms with E-state index < -0.39 is 17.6 Å². The highest BCUT2D eigenvalue weighted by Crippen LogP contribution is 2.19. The number of amides is 1. The van der Waals surface area contributed by atoms with E-state index in [0.29, 0.717) is 16.8 Å². The number of H-pyrrole nitrogens is 1. The van der Waals surface area contributed by atoms with E-state index in [2.05, 4.69) is 10.3 Å². The Balaban J connectivity index is 2.88. The topological polar surface area (TPSA) is 88.3 Å². The van der Waals surface area contributed by atoms with E-state index in [4.69, 9.17) is 4.74 Å². The monoisotopic (exact) mass is 308 g/mol. The number of esters is 1. The second kappa shape index (κ2) is 6.34. The summed E-state index contributed by atoms with van der Waals surface area (Å²) >= 11 is 0. The van der Waals surface area contributed by atoms with Gasteiger partial charge in [-0.25, -0.2) is 4.79 Å². The summed E-state index contributed by atoms with van der Waals surface area (Å²) in [4.78, 5) is 38.6. The lowest BCUT2D eigenvalue weighted by atomic mass is 10.1. The minimum Gasteiger partial charge on any atom is -0.448 e. The molecule has 0 aliphatic rings. The number of ketones is 1. The van der Waals surface area contributed by atoms with Crippen molar-refractivity contribution in [3.63, 3.8) is 0 Å². The van der Waals surface area contributed by atoms with Crippen molar-refractivity contribution in [2.45, 2.75) is 60.1 Å². The summed E-state index contributed by atoms with van der Waals surface area (Å²) < 4.78 is 5.18. The van der Waals surface area contributed by atoms with E-state index in [1.165, 1.54) is 13.8 Å². The predicted octanol–water partition coefficient (Wildman–Crippen LogP) is 2.29. The van der Waals surface area contributed by atoms with Crippen molar-refractivity contribution in [1.29, 1.82) is 0 Å². The van der Waals surface area contributed by atoms with Crippen LogP contribution in [0.25, 0.3) is 0 Å². The van der Waals surface area contributed by atoms with Gasteiger partial charge < -0.3 is 15.0 Å². The Morgan fingerprint density at radius 1 is 1.18 bits per heavy atom. The molecule has 1 aromatic rings. The van der Waals surface area contributed by atoms with Gasteiger partial charge in [-0.2, -0.15) is 0 Å². The summed E-state index contributed by atoms with van der Waals surface area (Å²) in [6, 6.07) is 0. The Labute approximate surface area is 130 Å². The molecule has 0 spiro atoms. The number of aryl methyl sites for hydroxylation is 1. The zero-order chi connectivity index (χ0) is 17.2. The van der Waals surface area contributed by atoms with Gasteiger partial charge in [-0.15, -0.1) is 0 Å². The lowest BCUT2D eigenvalue weighted by Gasteiger charge is -2.23. The van der Waals surface area contributed by atoms with Crippen molar-refractivity contribution < 1.29 is 19.1 Å². The third kappa shape index (κ3) is 4.19. The van der Waals surface area contributed by atoms with Gasteiger partial charge in [0.05, 0.1) is 0 Å². The molecule has 1 amide bonds. The molecule has 1 rings (SSSR count). The maximum Gasteiger partial charge on any atom is 0.355 e. The number of Topliss-reactive ketones (excluding diaryl/α,β-unsaturated/α-hetero) is 1. The lowest BCUT2D eigenvalue weighted by Crippen LogP contribution is -2.46. The molecular formula is C16H24N2O4. The van der Waals surface area contributed by atoms with Crippen molar-refractivity contribution in [3.8, 4) is 0 Å². The largest absolute Gasteiger partial charge is 0.448 e. The Kier molecular flexibility index (Phi) is 5.17. The van der Waals surface area contributed by atoms with E-state index in [-0.39, 0.29) is 17.4 Å². The van der Waals surface area contributed by atoms with Crippen molar-refractivity contribution in [1.82, 2.24) is 10.3 Å². The first-order chi connectivity index (χ1) is 9.94. The van der Waals surface area contributed by atoms with E-state index in [0.717, 1.165) is 0 Å². The molecule has 6 heteroatoms. The molecule has 0 radical (unpaired) electrons. The van der Waals surface area contributed by atoms with Crippen molar-refractivity contribution in [2.75, 3.05) is 0 Å². The van der Waals surface area contributed by atoms with Gasteiger partial charge in [0.25, 0.3) is 5.91 Å². The van der Waals surface area contributed by atoms with E-state index in [1.807, 2.05) is 20.8 Å². The molecule has 0 aliphatic carbocycles. The maximum absolute atomic E-state index is 12.2. The molecular weight excluding hydrogens is 284 g/mol. The summed E-state index contributed by atoms with van der Waals surface area (Å²) in [7, 11) is 0. The molecule has 0 fully saturated rings.